The van der Waals surface area contributed by atoms with Crippen molar-refractivity contribution in [3.63, 3.8) is 0 Å². The summed E-state index contributed by atoms with van der Waals surface area (Å²) in [6.45, 7) is 4.95. The van der Waals surface area contributed by atoms with E-state index in [-0.39, 0.29) is 18.5 Å². The number of aliphatic hydroxyl groups is 2. The molecule has 0 heterocycles. The third-order valence-electron chi connectivity index (χ3n) is 14.6. The molecule has 3 N–H and O–H groups in total. The Balaban J connectivity index is 3.43. The van der Waals surface area contributed by atoms with E-state index in [4.69, 9.17) is 4.74 Å². The van der Waals surface area contributed by atoms with Gasteiger partial charge in [0.25, 0.3) is 0 Å². The number of ether oxygens (including phenoxy) is 1. The number of aliphatic hydroxyl groups excluding tert-OH is 2. The topological polar surface area (TPSA) is 95.9 Å². The summed E-state index contributed by atoms with van der Waals surface area (Å²) in [4.78, 5) is 24.6. The van der Waals surface area contributed by atoms with Crippen LogP contribution in [0.4, 0.5) is 0 Å². The van der Waals surface area contributed by atoms with Crippen LogP contribution in [0.1, 0.15) is 348 Å². The van der Waals surface area contributed by atoms with Gasteiger partial charge in [-0.05, 0) is 51.4 Å². The molecule has 0 aliphatic rings. The zero-order chi connectivity index (χ0) is 49.3. The minimum atomic E-state index is -0.672. The molecule has 0 bridgehead atoms. The summed E-state index contributed by atoms with van der Waals surface area (Å²) in [5, 5.41) is 23.4. The lowest BCUT2D eigenvalue weighted by Crippen LogP contribution is -2.45. The van der Waals surface area contributed by atoms with Crippen molar-refractivity contribution >= 4 is 11.9 Å². The molecular weight excluding hydrogens is 839 g/mol. The lowest BCUT2D eigenvalue weighted by Gasteiger charge is -2.22. The standard InChI is InChI=1S/C62H121NO5/c1-3-5-7-9-11-13-15-17-19-21-22-23-24-25-26-30-34-38-42-46-50-54-60(65)59(58-64)63-61(66)55-51-47-43-39-35-31-28-29-33-37-41-45-49-53-57-68-62(67)56-52-48-44-40-36-32-27-20-18-16-14-12-10-8-6-4-2/h20,27,59-60,64-65H,3-19,21-26,28-58H2,1-2H3,(H,63,66)/b27-20-. The first-order valence-electron chi connectivity index (χ1n) is 30.9. The molecule has 6 nitrogen and oxygen atoms in total. The van der Waals surface area contributed by atoms with E-state index >= 15 is 0 Å². The van der Waals surface area contributed by atoms with Crippen LogP contribution in [-0.4, -0.2) is 47.4 Å². The minimum absolute atomic E-state index is 0.00831. The van der Waals surface area contributed by atoms with Crippen molar-refractivity contribution in [3.05, 3.63) is 12.2 Å². The molecule has 0 radical (unpaired) electrons. The van der Waals surface area contributed by atoms with Gasteiger partial charge in [0.1, 0.15) is 0 Å². The smallest absolute Gasteiger partial charge is 0.305 e. The Bertz CT molecular complexity index is 1020. The van der Waals surface area contributed by atoms with Gasteiger partial charge in [-0.1, -0.05) is 296 Å². The van der Waals surface area contributed by atoms with E-state index in [1.165, 1.54) is 263 Å². The molecule has 0 saturated heterocycles. The maximum atomic E-state index is 12.5. The van der Waals surface area contributed by atoms with Crippen LogP contribution in [0.25, 0.3) is 0 Å². The summed E-state index contributed by atoms with van der Waals surface area (Å²) in [5.74, 6) is -0.0502. The fraction of sp³-hybridized carbons (Fsp3) is 0.935. The van der Waals surface area contributed by atoms with Crippen LogP contribution in [0.15, 0.2) is 12.2 Å². The van der Waals surface area contributed by atoms with E-state index in [0.717, 1.165) is 51.4 Å². The normalized spacial score (nSPS) is 12.6. The third-order valence-corrected chi connectivity index (χ3v) is 14.6. The molecule has 0 aliphatic heterocycles. The highest BCUT2D eigenvalue weighted by Gasteiger charge is 2.20. The van der Waals surface area contributed by atoms with Crippen LogP contribution in [0, 0.1) is 0 Å². The van der Waals surface area contributed by atoms with Crippen LogP contribution in [0.2, 0.25) is 0 Å². The van der Waals surface area contributed by atoms with E-state index in [1.807, 2.05) is 0 Å². The van der Waals surface area contributed by atoms with Crippen molar-refractivity contribution in [2.45, 2.75) is 360 Å². The minimum Gasteiger partial charge on any atom is -0.466 e. The highest BCUT2D eigenvalue weighted by atomic mass is 16.5. The van der Waals surface area contributed by atoms with Gasteiger partial charge in [0.2, 0.25) is 5.91 Å². The number of hydrogen-bond donors (Lipinski definition) is 3. The SMILES string of the molecule is CCCCCCCCC/C=C\CCCCCCCC(=O)OCCCCCCCCCCCCCCCCC(=O)NC(CO)C(O)CCCCCCCCCCCCCCCCCCCCCCC. The average molecular weight is 961 g/mol. The monoisotopic (exact) mass is 960 g/mol. The zero-order valence-electron chi connectivity index (χ0n) is 46.1. The molecular formula is C62H121NO5. The van der Waals surface area contributed by atoms with Gasteiger partial charge >= 0.3 is 5.97 Å². The van der Waals surface area contributed by atoms with Crippen molar-refractivity contribution in [2.75, 3.05) is 13.2 Å². The predicted molar refractivity (Wildman–Crippen MR) is 297 cm³/mol. The van der Waals surface area contributed by atoms with Crippen molar-refractivity contribution in [3.8, 4) is 0 Å². The maximum absolute atomic E-state index is 12.5. The van der Waals surface area contributed by atoms with E-state index in [1.54, 1.807) is 0 Å². The first-order chi connectivity index (χ1) is 33.5. The molecule has 2 atom stereocenters. The van der Waals surface area contributed by atoms with Gasteiger partial charge in [0.05, 0.1) is 25.4 Å². The van der Waals surface area contributed by atoms with Gasteiger partial charge in [-0.2, -0.15) is 0 Å². The second-order valence-electron chi connectivity index (χ2n) is 21.4. The average Bonchev–Trinajstić information content (AvgIpc) is 3.34. The molecule has 0 aromatic rings. The van der Waals surface area contributed by atoms with Crippen LogP contribution in [0.5, 0.6) is 0 Å². The first kappa shape index (κ1) is 66.6. The Morgan fingerprint density at radius 2 is 0.691 bits per heavy atom. The second-order valence-corrected chi connectivity index (χ2v) is 21.4. The third kappa shape index (κ3) is 53.9. The number of carbonyl (C=O) groups is 2. The Morgan fingerprint density at radius 3 is 1.04 bits per heavy atom. The molecule has 0 spiro atoms. The number of nitrogens with one attached hydrogen (secondary N) is 1. The molecule has 6 heteroatoms. The van der Waals surface area contributed by atoms with Gasteiger partial charge in [0, 0.05) is 12.8 Å². The molecule has 0 saturated carbocycles. The predicted octanol–water partition coefficient (Wildman–Crippen LogP) is 19.2. The number of carbonyl (C=O) groups excluding carboxylic acids is 2. The van der Waals surface area contributed by atoms with Gasteiger partial charge < -0.3 is 20.3 Å². The number of allylic oxidation sites excluding steroid dienone is 2. The summed E-state index contributed by atoms with van der Waals surface area (Å²) in [7, 11) is 0. The molecule has 0 rings (SSSR count). The summed E-state index contributed by atoms with van der Waals surface area (Å²) in [6.07, 6.45) is 69.2. The van der Waals surface area contributed by atoms with Gasteiger partial charge in [-0.15, -0.1) is 0 Å². The highest BCUT2D eigenvalue weighted by molar-refractivity contribution is 5.76. The maximum Gasteiger partial charge on any atom is 0.305 e. The van der Waals surface area contributed by atoms with Crippen LogP contribution < -0.4 is 5.32 Å². The molecule has 0 aliphatic carbocycles. The Morgan fingerprint density at radius 1 is 0.397 bits per heavy atom. The largest absolute Gasteiger partial charge is 0.466 e. The van der Waals surface area contributed by atoms with E-state index < -0.39 is 12.1 Å². The summed E-state index contributed by atoms with van der Waals surface area (Å²) >= 11 is 0. The number of unbranched alkanes of at least 4 members (excludes halogenated alkanes) is 45. The van der Waals surface area contributed by atoms with E-state index in [0.29, 0.717) is 25.9 Å². The lowest BCUT2D eigenvalue weighted by atomic mass is 10.0. The number of hydrogen-bond acceptors (Lipinski definition) is 5. The molecule has 68 heavy (non-hydrogen) atoms. The van der Waals surface area contributed by atoms with E-state index in [9.17, 15) is 19.8 Å². The molecule has 0 aromatic heterocycles. The Hall–Kier alpha value is -1.40. The first-order valence-corrected chi connectivity index (χ1v) is 30.9. The van der Waals surface area contributed by atoms with Crippen LogP contribution >= 0.6 is 0 Å². The number of esters is 1. The van der Waals surface area contributed by atoms with Crippen LogP contribution in [0.3, 0.4) is 0 Å². The van der Waals surface area contributed by atoms with Crippen molar-refractivity contribution < 1.29 is 24.5 Å². The summed E-state index contributed by atoms with van der Waals surface area (Å²) in [5.41, 5.74) is 0. The fourth-order valence-electron chi connectivity index (χ4n) is 9.81. The molecule has 1 amide bonds. The fourth-order valence-corrected chi connectivity index (χ4v) is 9.81. The van der Waals surface area contributed by atoms with Crippen molar-refractivity contribution in [1.82, 2.24) is 5.32 Å². The second kappa shape index (κ2) is 58.2. The highest BCUT2D eigenvalue weighted by Crippen LogP contribution is 2.18. The van der Waals surface area contributed by atoms with Gasteiger partial charge in [-0.3, -0.25) is 9.59 Å². The number of amides is 1. The van der Waals surface area contributed by atoms with Gasteiger partial charge in [-0.25, -0.2) is 0 Å². The Labute approximate surface area is 425 Å². The molecule has 2 unspecified atom stereocenters. The van der Waals surface area contributed by atoms with Crippen LogP contribution in [-0.2, 0) is 14.3 Å². The molecule has 404 valence electrons. The summed E-state index contributed by atoms with van der Waals surface area (Å²) in [6, 6.07) is -0.550. The van der Waals surface area contributed by atoms with E-state index in [2.05, 4.69) is 31.3 Å². The molecule has 0 aromatic carbocycles. The lowest BCUT2D eigenvalue weighted by molar-refractivity contribution is -0.143. The van der Waals surface area contributed by atoms with Crippen molar-refractivity contribution in [1.29, 1.82) is 0 Å². The number of rotatable bonds is 58. The zero-order valence-corrected chi connectivity index (χ0v) is 46.1. The quantitative estimate of drug-likeness (QED) is 0.0321. The molecule has 0 fully saturated rings. The van der Waals surface area contributed by atoms with Gasteiger partial charge in [0.15, 0.2) is 0 Å². The summed E-state index contributed by atoms with van der Waals surface area (Å²) < 4.78 is 5.48. The Kier molecular flexibility index (Phi) is 57.0. The van der Waals surface area contributed by atoms with Crippen molar-refractivity contribution in [2.24, 2.45) is 0 Å².